The highest BCUT2D eigenvalue weighted by Crippen LogP contribution is 2.42. The summed E-state index contributed by atoms with van der Waals surface area (Å²) in [6, 6.07) is 10.1. The number of hydrogen-bond donors (Lipinski definition) is 8. The number of aromatic nitrogens is 4. The van der Waals surface area contributed by atoms with Gasteiger partial charge in [0.05, 0.1) is 33.8 Å². The van der Waals surface area contributed by atoms with Crippen molar-refractivity contribution in [2.45, 2.75) is 20.8 Å². The summed E-state index contributed by atoms with van der Waals surface area (Å²) in [5.74, 6) is 0. The van der Waals surface area contributed by atoms with E-state index in [2.05, 4.69) is 19.9 Å². The van der Waals surface area contributed by atoms with Crippen molar-refractivity contribution in [3.8, 4) is 11.1 Å². The molecule has 0 amide bonds. The zero-order chi connectivity index (χ0) is 32.6. The number of aromatic amines is 2. The van der Waals surface area contributed by atoms with Crippen LogP contribution in [0.3, 0.4) is 0 Å². The van der Waals surface area contributed by atoms with Crippen LogP contribution in [0, 0.1) is 20.8 Å². The molecular formula is C29H27N4O9P3. The predicted molar refractivity (Wildman–Crippen MR) is 174 cm³/mol. The number of rotatable bonds is 4. The fourth-order valence-electron chi connectivity index (χ4n) is 5.92. The lowest BCUT2D eigenvalue weighted by molar-refractivity contribution is 0.385. The van der Waals surface area contributed by atoms with Crippen LogP contribution in [-0.2, 0) is 13.7 Å². The molecule has 1 aromatic carbocycles. The number of fused-ring (bicyclic) bond motifs is 8. The highest BCUT2D eigenvalue weighted by molar-refractivity contribution is 7.61. The standard InChI is InChI=1S/C29H27N4O9P3/c1-14-12-15(2)25(16(3)13-14)26-17-4-6-19(30-17)27(43(34,35)36)21-8-10-23(32-21)29(45(40,41)42)24-11-9-22(33-24)28(44(37,38)39)20-7-5-18(26)31-20/h4-13,30-31H,1-3H3,(H2,34,35,36)(H2,37,38,39)(H2,40,41,42). The van der Waals surface area contributed by atoms with E-state index in [1.165, 1.54) is 36.4 Å². The third-order valence-corrected chi connectivity index (χ3v) is 10.6. The van der Waals surface area contributed by atoms with E-state index in [-0.39, 0.29) is 33.8 Å². The SMILES string of the molecule is Cc1cc(C)c(-c2c3ccc([nH]3)c(P(=O)(O)O)c3nc(c(P(=O)(O)O)c4nc(c(P(=O)(O)O)c5ccc2[nH]5)C=C4)C=C3)c(C)c1. The Bertz CT molecular complexity index is 2180. The van der Waals surface area contributed by atoms with Crippen molar-refractivity contribution in [2.24, 2.45) is 0 Å². The van der Waals surface area contributed by atoms with Crippen LogP contribution in [0.1, 0.15) is 39.5 Å². The molecule has 2 aliphatic heterocycles. The second kappa shape index (κ2) is 10.7. The highest BCUT2D eigenvalue weighted by atomic mass is 31.2. The number of nitrogens with zero attached hydrogens (tertiary/aromatic N) is 2. The Balaban J connectivity index is 1.92. The Morgan fingerprint density at radius 2 is 0.844 bits per heavy atom. The zero-order valence-corrected chi connectivity index (χ0v) is 26.6. The smallest absolute Gasteiger partial charge is 0.354 e. The second-order valence-corrected chi connectivity index (χ2v) is 15.4. The monoisotopic (exact) mass is 668 g/mol. The Hall–Kier alpha value is -3.73. The first-order valence-corrected chi connectivity index (χ1v) is 18.2. The molecule has 0 radical (unpaired) electrons. The molecule has 5 heterocycles. The van der Waals surface area contributed by atoms with E-state index in [0.29, 0.717) is 16.6 Å². The molecule has 0 aliphatic carbocycles. The Labute approximate surface area is 255 Å². The highest BCUT2D eigenvalue weighted by Gasteiger charge is 2.32. The van der Waals surface area contributed by atoms with Gasteiger partial charge < -0.3 is 39.3 Å². The summed E-state index contributed by atoms with van der Waals surface area (Å²) in [5.41, 5.74) is 3.90. The van der Waals surface area contributed by atoms with Crippen molar-refractivity contribution in [1.29, 1.82) is 0 Å². The number of H-pyrrole nitrogens is 2. The van der Waals surface area contributed by atoms with E-state index >= 15 is 0 Å². The van der Waals surface area contributed by atoms with Crippen molar-refractivity contribution in [3.63, 3.8) is 0 Å². The summed E-state index contributed by atoms with van der Waals surface area (Å²) in [7, 11) is -15.2. The van der Waals surface area contributed by atoms with Gasteiger partial charge in [0.2, 0.25) is 0 Å². The van der Waals surface area contributed by atoms with Gasteiger partial charge in [-0.25, -0.2) is 9.97 Å². The van der Waals surface area contributed by atoms with Crippen molar-refractivity contribution < 1.29 is 43.1 Å². The lowest BCUT2D eigenvalue weighted by Crippen LogP contribution is -2.15. The van der Waals surface area contributed by atoms with Crippen LogP contribution in [0.4, 0.5) is 0 Å². The maximum absolute atomic E-state index is 12.9. The second-order valence-electron chi connectivity index (χ2n) is 10.8. The summed E-state index contributed by atoms with van der Waals surface area (Å²) in [5, 5.41) is -1.66. The van der Waals surface area contributed by atoms with Gasteiger partial charge in [-0.3, -0.25) is 13.7 Å². The van der Waals surface area contributed by atoms with Crippen molar-refractivity contribution in [2.75, 3.05) is 0 Å². The molecule has 2 aliphatic rings. The molecule has 0 unspecified atom stereocenters. The first-order chi connectivity index (χ1) is 20.9. The maximum atomic E-state index is 12.9. The topological polar surface area (TPSA) is 230 Å². The lowest BCUT2D eigenvalue weighted by atomic mass is 9.93. The number of nitrogens with one attached hydrogen (secondary N) is 2. The zero-order valence-electron chi connectivity index (χ0n) is 23.9. The van der Waals surface area contributed by atoms with Gasteiger partial charge in [-0.15, -0.1) is 0 Å². The average molecular weight is 668 g/mol. The van der Waals surface area contributed by atoms with Gasteiger partial charge in [0, 0.05) is 16.6 Å². The molecule has 13 nitrogen and oxygen atoms in total. The Morgan fingerprint density at radius 1 is 0.511 bits per heavy atom. The summed E-state index contributed by atoms with van der Waals surface area (Å²) in [6.45, 7) is 5.78. The number of benzene rings is 1. The van der Waals surface area contributed by atoms with Gasteiger partial charge in [-0.1, -0.05) is 17.7 Å². The van der Waals surface area contributed by atoms with Crippen LogP contribution in [0.25, 0.3) is 57.5 Å². The van der Waals surface area contributed by atoms with Crippen molar-refractivity contribution in [1.82, 2.24) is 19.9 Å². The average Bonchev–Trinajstić information content (AvgIpc) is 3.68. The lowest BCUT2D eigenvalue weighted by Gasteiger charge is -2.12. The van der Waals surface area contributed by atoms with E-state index in [9.17, 15) is 43.1 Å². The summed E-state index contributed by atoms with van der Waals surface area (Å²) in [4.78, 5) is 76.9. The maximum Gasteiger partial charge on any atom is 0.360 e. The fourth-order valence-corrected chi connectivity index (χ4v) is 8.50. The molecule has 8 N–H and O–H groups in total. The molecule has 45 heavy (non-hydrogen) atoms. The van der Waals surface area contributed by atoms with Gasteiger partial charge in [0.25, 0.3) is 0 Å². The first kappa shape index (κ1) is 31.3. The molecule has 0 spiro atoms. The van der Waals surface area contributed by atoms with E-state index in [0.717, 1.165) is 22.3 Å². The molecule has 8 bridgehead atoms. The van der Waals surface area contributed by atoms with Gasteiger partial charge in [0.15, 0.2) is 0 Å². The molecule has 0 saturated carbocycles. The molecule has 0 fully saturated rings. The van der Waals surface area contributed by atoms with Crippen LogP contribution >= 0.6 is 22.8 Å². The molecule has 0 saturated heterocycles. The minimum atomic E-state index is -5.14. The minimum absolute atomic E-state index is 0.00990. The van der Waals surface area contributed by atoms with Gasteiger partial charge >= 0.3 is 22.8 Å². The van der Waals surface area contributed by atoms with E-state index in [4.69, 9.17) is 0 Å². The molecule has 4 aromatic rings. The van der Waals surface area contributed by atoms with Crippen LogP contribution < -0.4 is 15.9 Å². The van der Waals surface area contributed by atoms with Crippen molar-refractivity contribution in [3.05, 3.63) is 75.9 Å². The molecule has 6 rings (SSSR count). The van der Waals surface area contributed by atoms with Crippen LogP contribution in [0.2, 0.25) is 0 Å². The Morgan fingerprint density at radius 3 is 1.20 bits per heavy atom. The Kier molecular flexibility index (Phi) is 7.42. The molecule has 232 valence electrons. The summed E-state index contributed by atoms with van der Waals surface area (Å²) in [6.07, 6.45) is 4.84. The molecular weight excluding hydrogens is 641 g/mol. The number of hydrogen-bond acceptors (Lipinski definition) is 5. The predicted octanol–water partition coefficient (Wildman–Crippen LogP) is 3.66. The summed E-state index contributed by atoms with van der Waals surface area (Å²) >= 11 is 0. The van der Waals surface area contributed by atoms with E-state index < -0.39 is 38.7 Å². The third-order valence-electron chi connectivity index (χ3n) is 7.47. The normalized spacial score (nSPS) is 13.5. The third kappa shape index (κ3) is 5.64. The van der Waals surface area contributed by atoms with Gasteiger partial charge in [-0.05, 0) is 86.0 Å². The largest absolute Gasteiger partial charge is 0.360 e. The molecule has 0 atom stereocenters. The van der Waals surface area contributed by atoms with Gasteiger partial charge in [-0.2, -0.15) is 0 Å². The van der Waals surface area contributed by atoms with Crippen LogP contribution in [0.5, 0.6) is 0 Å². The first-order valence-electron chi connectivity index (χ1n) is 13.4. The van der Waals surface area contributed by atoms with Crippen LogP contribution in [0.15, 0.2) is 36.4 Å². The quantitative estimate of drug-likeness (QED) is 0.126. The van der Waals surface area contributed by atoms with Crippen molar-refractivity contribution >= 4 is 85.1 Å². The van der Waals surface area contributed by atoms with E-state index in [1.54, 1.807) is 12.1 Å². The van der Waals surface area contributed by atoms with E-state index in [1.807, 2.05) is 32.9 Å². The molecule has 3 aromatic heterocycles. The van der Waals surface area contributed by atoms with Crippen LogP contribution in [-0.4, -0.2) is 49.3 Å². The number of aryl methyl sites for hydroxylation is 3. The fraction of sp³-hybridized carbons (Fsp3) is 0.103. The molecule has 16 heteroatoms. The van der Waals surface area contributed by atoms with Gasteiger partial charge in [0.1, 0.15) is 15.9 Å². The minimum Gasteiger partial charge on any atom is -0.354 e. The summed E-state index contributed by atoms with van der Waals surface area (Å²) < 4.78 is 38.4.